The number of carboxylic acids is 1. The van der Waals surface area contributed by atoms with Crippen molar-refractivity contribution in [1.29, 1.82) is 0 Å². The third-order valence-electron chi connectivity index (χ3n) is 2.90. The molecular formula is C13H15Cl2NO2. The van der Waals surface area contributed by atoms with Crippen molar-refractivity contribution >= 4 is 29.2 Å². The van der Waals surface area contributed by atoms with Gasteiger partial charge < -0.3 is 5.11 Å². The zero-order chi connectivity index (χ0) is 13.1. The molecule has 1 fully saturated rings. The average Bonchev–Trinajstić information content (AvgIpc) is 2.98. The van der Waals surface area contributed by atoms with Crippen LogP contribution in [-0.2, 0) is 11.3 Å². The zero-order valence-electron chi connectivity index (χ0n) is 9.90. The van der Waals surface area contributed by atoms with Crippen LogP contribution in [0.5, 0.6) is 0 Å². The first-order chi connectivity index (χ1) is 8.52. The summed E-state index contributed by atoms with van der Waals surface area (Å²) in [5, 5.41) is 10.1. The fourth-order valence-electron chi connectivity index (χ4n) is 2.00. The Morgan fingerprint density at radius 1 is 1.28 bits per heavy atom. The Balaban J connectivity index is 2.03. The summed E-state index contributed by atoms with van der Waals surface area (Å²) < 4.78 is 0. The van der Waals surface area contributed by atoms with E-state index >= 15 is 0 Å². The van der Waals surface area contributed by atoms with Gasteiger partial charge in [0.1, 0.15) is 0 Å². The first-order valence-electron chi connectivity index (χ1n) is 5.92. The van der Waals surface area contributed by atoms with Crippen LogP contribution in [0.1, 0.15) is 18.4 Å². The van der Waals surface area contributed by atoms with Crippen molar-refractivity contribution < 1.29 is 9.90 Å². The molecular weight excluding hydrogens is 273 g/mol. The maximum Gasteiger partial charge on any atom is 0.317 e. The van der Waals surface area contributed by atoms with Gasteiger partial charge in [-0.1, -0.05) is 23.2 Å². The lowest BCUT2D eigenvalue weighted by atomic mass is 10.2. The van der Waals surface area contributed by atoms with Crippen LogP contribution >= 0.6 is 23.2 Å². The van der Waals surface area contributed by atoms with Gasteiger partial charge in [0.15, 0.2) is 0 Å². The van der Waals surface area contributed by atoms with Gasteiger partial charge in [-0.3, -0.25) is 9.69 Å². The molecule has 1 saturated carbocycles. The van der Waals surface area contributed by atoms with Gasteiger partial charge >= 0.3 is 5.97 Å². The summed E-state index contributed by atoms with van der Waals surface area (Å²) in [6.07, 6.45) is 2.40. The number of benzene rings is 1. The predicted molar refractivity (Wildman–Crippen MR) is 72.1 cm³/mol. The first kappa shape index (κ1) is 13.7. The van der Waals surface area contributed by atoms with Crippen LogP contribution in [0.15, 0.2) is 18.2 Å². The number of carbonyl (C=O) groups is 1. The standard InChI is InChI=1S/C13H15Cl2NO2/c14-11-3-10(4-12(15)5-11)7-16(8-13(17)18)6-9-1-2-9/h3-5,9H,1-2,6-8H2,(H,17,18). The quantitative estimate of drug-likeness (QED) is 0.873. The Kier molecular flexibility index (Phi) is 4.49. The number of nitrogens with zero attached hydrogens (tertiary/aromatic N) is 1. The Morgan fingerprint density at radius 3 is 2.39 bits per heavy atom. The molecule has 1 aliphatic carbocycles. The van der Waals surface area contributed by atoms with Crippen LogP contribution in [0.4, 0.5) is 0 Å². The number of aliphatic carboxylic acids is 1. The van der Waals surface area contributed by atoms with E-state index in [4.69, 9.17) is 28.3 Å². The minimum atomic E-state index is -0.802. The molecule has 5 heteroatoms. The molecule has 1 N–H and O–H groups in total. The number of hydrogen-bond donors (Lipinski definition) is 1. The Morgan fingerprint density at radius 2 is 1.89 bits per heavy atom. The van der Waals surface area contributed by atoms with Crippen LogP contribution in [0.3, 0.4) is 0 Å². The first-order valence-corrected chi connectivity index (χ1v) is 6.67. The van der Waals surface area contributed by atoms with Gasteiger partial charge in [-0.05, 0) is 42.5 Å². The molecule has 1 aliphatic rings. The molecule has 0 spiro atoms. The summed E-state index contributed by atoms with van der Waals surface area (Å²) in [5.41, 5.74) is 0.953. The molecule has 3 nitrogen and oxygen atoms in total. The Labute approximate surface area is 116 Å². The van der Waals surface area contributed by atoms with Crippen molar-refractivity contribution in [2.24, 2.45) is 5.92 Å². The lowest BCUT2D eigenvalue weighted by Crippen LogP contribution is -2.31. The van der Waals surface area contributed by atoms with Gasteiger partial charge in [-0.25, -0.2) is 0 Å². The highest BCUT2D eigenvalue weighted by atomic mass is 35.5. The smallest absolute Gasteiger partial charge is 0.317 e. The Hall–Kier alpha value is -0.770. The van der Waals surface area contributed by atoms with E-state index in [0.29, 0.717) is 22.5 Å². The second-order valence-electron chi connectivity index (χ2n) is 4.78. The summed E-state index contributed by atoms with van der Waals surface area (Å²) in [7, 11) is 0. The van der Waals surface area contributed by atoms with Gasteiger partial charge in [-0.15, -0.1) is 0 Å². The van der Waals surface area contributed by atoms with Crippen LogP contribution in [0.2, 0.25) is 10.0 Å². The number of carboxylic acid groups (broad SMARTS) is 1. The van der Waals surface area contributed by atoms with E-state index in [0.717, 1.165) is 12.1 Å². The van der Waals surface area contributed by atoms with E-state index in [2.05, 4.69) is 0 Å². The summed E-state index contributed by atoms with van der Waals surface area (Å²) >= 11 is 11.9. The maximum atomic E-state index is 10.8. The highest BCUT2D eigenvalue weighted by Crippen LogP contribution is 2.30. The minimum Gasteiger partial charge on any atom is -0.480 e. The maximum absolute atomic E-state index is 10.8. The third kappa shape index (κ3) is 4.48. The van der Waals surface area contributed by atoms with Crippen LogP contribution < -0.4 is 0 Å². The molecule has 0 saturated heterocycles. The molecule has 0 amide bonds. The largest absolute Gasteiger partial charge is 0.480 e. The molecule has 1 aromatic rings. The lowest BCUT2D eigenvalue weighted by molar-refractivity contribution is -0.138. The minimum absolute atomic E-state index is 0.0562. The second kappa shape index (κ2) is 5.91. The number of hydrogen-bond acceptors (Lipinski definition) is 2. The molecule has 0 aromatic heterocycles. The molecule has 18 heavy (non-hydrogen) atoms. The number of halogens is 2. The van der Waals surface area contributed by atoms with Crippen molar-refractivity contribution in [2.45, 2.75) is 19.4 Å². The van der Waals surface area contributed by atoms with Crippen LogP contribution in [0, 0.1) is 5.92 Å². The van der Waals surface area contributed by atoms with E-state index in [1.165, 1.54) is 12.8 Å². The van der Waals surface area contributed by atoms with Crippen molar-refractivity contribution in [3.8, 4) is 0 Å². The number of rotatable bonds is 6. The van der Waals surface area contributed by atoms with Crippen molar-refractivity contribution in [3.63, 3.8) is 0 Å². The monoisotopic (exact) mass is 287 g/mol. The van der Waals surface area contributed by atoms with Crippen molar-refractivity contribution in [1.82, 2.24) is 4.90 Å². The van der Waals surface area contributed by atoms with E-state index in [1.807, 2.05) is 17.0 Å². The van der Waals surface area contributed by atoms with E-state index < -0.39 is 5.97 Å². The fraction of sp³-hybridized carbons (Fsp3) is 0.462. The third-order valence-corrected chi connectivity index (χ3v) is 3.34. The lowest BCUT2D eigenvalue weighted by Gasteiger charge is -2.20. The molecule has 2 rings (SSSR count). The van der Waals surface area contributed by atoms with Gasteiger partial charge in [0.05, 0.1) is 6.54 Å². The SMILES string of the molecule is O=C(O)CN(Cc1cc(Cl)cc(Cl)c1)CC1CC1. The summed E-state index contributed by atoms with van der Waals surface area (Å²) in [6.45, 7) is 1.46. The van der Waals surface area contributed by atoms with Crippen LogP contribution in [-0.4, -0.2) is 29.1 Å². The Bertz CT molecular complexity index is 426. The molecule has 0 heterocycles. The highest BCUT2D eigenvalue weighted by Gasteiger charge is 2.25. The molecule has 0 atom stereocenters. The van der Waals surface area contributed by atoms with Gasteiger partial charge in [0.2, 0.25) is 0 Å². The summed E-state index contributed by atoms with van der Waals surface area (Å²) in [5.74, 6) is -0.150. The molecule has 1 aromatic carbocycles. The fourth-order valence-corrected chi connectivity index (χ4v) is 2.57. The van der Waals surface area contributed by atoms with E-state index in [-0.39, 0.29) is 6.54 Å². The second-order valence-corrected chi connectivity index (χ2v) is 5.66. The average molecular weight is 288 g/mol. The summed E-state index contributed by atoms with van der Waals surface area (Å²) in [4.78, 5) is 12.8. The van der Waals surface area contributed by atoms with Gasteiger partial charge in [0.25, 0.3) is 0 Å². The normalized spacial score (nSPS) is 15.1. The topological polar surface area (TPSA) is 40.5 Å². The molecule has 0 aliphatic heterocycles. The molecule has 98 valence electrons. The van der Waals surface area contributed by atoms with E-state index in [1.54, 1.807) is 6.07 Å². The summed E-state index contributed by atoms with van der Waals surface area (Å²) in [6, 6.07) is 5.33. The highest BCUT2D eigenvalue weighted by molar-refractivity contribution is 6.34. The van der Waals surface area contributed by atoms with E-state index in [9.17, 15) is 4.79 Å². The molecule has 0 bridgehead atoms. The zero-order valence-corrected chi connectivity index (χ0v) is 11.4. The predicted octanol–water partition coefficient (Wildman–Crippen LogP) is 3.29. The van der Waals surface area contributed by atoms with Gasteiger partial charge in [0, 0.05) is 23.1 Å². The molecule has 0 radical (unpaired) electrons. The van der Waals surface area contributed by atoms with Crippen molar-refractivity contribution in [2.75, 3.05) is 13.1 Å². The van der Waals surface area contributed by atoms with Gasteiger partial charge in [-0.2, -0.15) is 0 Å². The van der Waals surface area contributed by atoms with Crippen molar-refractivity contribution in [3.05, 3.63) is 33.8 Å². The molecule has 0 unspecified atom stereocenters. The van der Waals surface area contributed by atoms with Crippen LogP contribution in [0.25, 0.3) is 0 Å².